The number of rotatable bonds is 4. The largest absolute Gasteiger partial charge is 0.337 e. The normalized spacial score (nSPS) is 13.2. The number of imidazole rings is 1. The van der Waals surface area contributed by atoms with Crippen molar-refractivity contribution in [3.63, 3.8) is 0 Å². The molecule has 21 heavy (non-hydrogen) atoms. The third kappa shape index (κ3) is 3.24. The predicted molar refractivity (Wildman–Crippen MR) is 76.3 cm³/mol. The molecule has 3 rings (SSSR count). The summed E-state index contributed by atoms with van der Waals surface area (Å²) in [7, 11) is 0. The van der Waals surface area contributed by atoms with E-state index >= 15 is 0 Å². The zero-order valence-corrected chi connectivity index (χ0v) is 11.9. The number of hydrogen-bond acceptors (Lipinski definition) is 3. The van der Waals surface area contributed by atoms with E-state index in [1.807, 2.05) is 0 Å². The molecule has 0 unspecified atom stereocenters. The molecule has 1 amide bonds. The number of anilines is 1. The van der Waals surface area contributed by atoms with E-state index in [9.17, 15) is 13.6 Å². The molecule has 1 aliphatic carbocycles. The Hall–Kier alpha value is -1.89. The molecule has 0 bridgehead atoms. The van der Waals surface area contributed by atoms with Crippen LogP contribution in [0.25, 0.3) is 0 Å². The van der Waals surface area contributed by atoms with Gasteiger partial charge in [-0.25, -0.2) is 13.8 Å². The van der Waals surface area contributed by atoms with E-state index in [4.69, 9.17) is 0 Å². The third-order valence-corrected chi connectivity index (χ3v) is 4.10. The summed E-state index contributed by atoms with van der Waals surface area (Å²) in [5, 5.41) is 3.12. The Labute approximate surface area is 124 Å². The van der Waals surface area contributed by atoms with Crippen LogP contribution in [0, 0.1) is 11.6 Å². The lowest BCUT2D eigenvalue weighted by Gasteiger charge is -2.05. The Bertz CT molecular complexity index is 665. The summed E-state index contributed by atoms with van der Waals surface area (Å²) in [5.41, 5.74) is 2.19. The van der Waals surface area contributed by atoms with E-state index in [0.29, 0.717) is 5.16 Å². The van der Waals surface area contributed by atoms with Crippen LogP contribution < -0.4 is 5.32 Å². The molecular weight excluding hydrogens is 296 g/mol. The van der Waals surface area contributed by atoms with Crippen LogP contribution in [0.3, 0.4) is 0 Å². The summed E-state index contributed by atoms with van der Waals surface area (Å²) in [4.78, 5) is 19.3. The van der Waals surface area contributed by atoms with Gasteiger partial charge in [0.25, 0.3) is 0 Å². The molecule has 0 radical (unpaired) electrons. The van der Waals surface area contributed by atoms with E-state index in [1.165, 1.54) is 17.8 Å². The molecule has 2 aromatic rings. The molecule has 7 heteroatoms. The Morgan fingerprint density at radius 1 is 1.38 bits per heavy atom. The smallest absolute Gasteiger partial charge is 0.234 e. The van der Waals surface area contributed by atoms with E-state index in [1.54, 1.807) is 0 Å². The molecule has 0 atom stereocenters. The molecule has 1 aliphatic rings. The SMILES string of the molecule is O=C(CSc1nc2c([nH]1)CCC2)Nc1ccc(F)cc1F. The number of hydrogen-bond donors (Lipinski definition) is 2. The van der Waals surface area contributed by atoms with E-state index in [0.717, 1.165) is 42.8 Å². The van der Waals surface area contributed by atoms with Crippen molar-refractivity contribution in [2.45, 2.75) is 24.4 Å². The lowest BCUT2D eigenvalue weighted by Crippen LogP contribution is -2.15. The van der Waals surface area contributed by atoms with Crippen molar-refractivity contribution < 1.29 is 13.6 Å². The van der Waals surface area contributed by atoms with Crippen LogP contribution in [0.2, 0.25) is 0 Å². The summed E-state index contributed by atoms with van der Waals surface area (Å²) in [6.07, 6.45) is 3.08. The average Bonchev–Trinajstić information content (AvgIpc) is 3.00. The van der Waals surface area contributed by atoms with E-state index < -0.39 is 11.6 Å². The topological polar surface area (TPSA) is 57.8 Å². The average molecular weight is 309 g/mol. The number of aromatic nitrogens is 2. The molecular formula is C14H13F2N3OS. The summed E-state index contributed by atoms with van der Waals surface area (Å²) >= 11 is 1.27. The van der Waals surface area contributed by atoms with Crippen LogP contribution in [-0.4, -0.2) is 21.6 Å². The number of nitrogens with zero attached hydrogens (tertiary/aromatic N) is 1. The Morgan fingerprint density at radius 2 is 2.24 bits per heavy atom. The van der Waals surface area contributed by atoms with Gasteiger partial charge < -0.3 is 10.3 Å². The summed E-state index contributed by atoms with van der Waals surface area (Å²) in [5.74, 6) is -1.71. The first-order valence-electron chi connectivity index (χ1n) is 6.57. The molecule has 0 aliphatic heterocycles. The molecule has 1 aromatic carbocycles. The fraction of sp³-hybridized carbons (Fsp3) is 0.286. The van der Waals surface area contributed by atoms with Crippen LogP contribution in [0.5, 0.6) is 0 Å². The quantitative estimate of drug-likeness (QED) is 0.854. The van der Waals surface area contributed by atoms with Crippen LogP contribution in [-0.2, 0) is 17.6 Å². The van der Waals surface area contributed by atoms with Crippen molar-refractivity contribution in [3.05, 3.63) is 41.2 Å². The highest BCUT2D eigenvalue weighted by Gasteiger charge is 2.17. The minimum atomic E-state index is -0.787. The van der Waals surface area contributed by atoms with Crippen molar-refractivity contribution in [2.75, 3.05) is 11.1 Å². The number of fused-ring (bicyclic) bond motifs is 1. The number of benzene rings is 1. The molecule has 0 saturated carbocycles. The van der Waals surface area contributed by atoms with Gasteiger partial charge in [0, 0.05) is 11.8 Å². The Morgan fingerprint density at radius 3 is 3.00 bits per heavy atom. The number of halogens is 2. The van der Waals surface area contributed by atoms with Gasteiger partial charge in [-0.05, 0) is 31.4 Å². The molecule has 0 saturated heterocycles. The number of thioether (sulfide) groups is 1. The second-order valence-corrected chi connectivity index (χ2v) is 5.75. The minimum Gasteiger partial charge on any atom is -0.337 e. The first-order chi connectivity index (χ1) is 10.1. The molecule has 1 heterocycles. The number of H-pyrrole nitrogens is 1. The highest BCUT2D eigenvalue weighted by molar-refractivity contribution is 7.99. The third-order valence-electron chi connectivity index (χ3n) is 3.23. The van der Waals surface area contributed by atoms with E-state index in [-0.39, 0.29) is 17.3 Å². The van der Waals surface area contributed by atoms with Gasteiger partial charge in [0.15, 0.2) is 5.16 Å². The summed E-state index contributed by atoms with van der Waals surface area (Å²) in [6.45, 7) is 0. The van der Waals surface area contributed by atoms with Crippen molar-refractivity contribution in [2.24, 2.45) is 0 Å². The van der Waals surface area contributed by atoms with Crippen molar-refractivity contribution in [1.82, 2.24) is 9.97 Å². The standard InChI is InChI=1S/C14H13F2N3OS/c15-8-4-5-10(9(16)6-8)17-13(20)7-21-14-18-11-2-1-3-12(11)19-14/h4-6H,1-3,7H2,(H,17,20)(H,18,19). The van der Waals surface area contributed by atoms with Crippen molar-refractivity contribution in [1.29, 1.82) is 0 Å². The molecule has 0 spiro atoms. The van der Waals surface area contributed by atoms with Gasteiger partial charge in [-0.15, -0.1) is 0 Å². The first kappa shape index (κ1) is 14.1. The zero-order chi connectivity index (χ0) is 14.8. The number of nitrogens with one attached hydrogen (secondary N) is 2. The molecule has 1 aromatic heterocycles. The molecule has 0 fully saturated rings. The van der Waals surface area contributed by atoms with Gasteiger partial charge in [0.2, 0.25) is 5.91 Å². The summed E-state index contributed by atoms with van der Waals surface area (Å²) in [6, 6.07) is 3.04. The van der Waals surface area contributed by atoms with Crippen molar-refractivity contribution in [3.8, 4) is 0 Å². The first-order valence-corrected chi connectivity index (χ1v) is 7.56. The number of aryl methyl sites for hydroxylation is 2. The molecule has 110 valence electrons. The van der Waals surface area contributed by atoms with Crippen LogP contribution in [0.15, 0.2) is 23.4 Å². The lowest BCUT2D eigenvalue weighted by atomic mass is 10.3. The number of carbonyl (C=O) groups excluding carboxylic acids is 1. The maximum absolute atomic E-state index is 13.4. The Kier molecular flexibility index (Phi) is 3.92. The molecule has 4 nitrogen and oxygen atoms in total. The lowest BCUT2D eigenvalue weighted by molar-refractivity contribution is -0.113. The fourth-order valence-electron chi connectivity index (χ4n) is 2.24. The highest BCUT2D eigenvalue weighted by atomic mass is 32.2. The molecule has 2 N–H and O–H groups in total. The van der Waals surface area contributed by atoms with Crippen LogP contribution >= 0.6 is 11.8 Å². The second kappa shape index (κ2) is 5.85. The van der Waals surface area contributed by atoms with Gasteiger partial charge in [-0.3, -0.25) is 4.79 Å². The van der Waals surface area contributed by atoms with Gasteiger partial charge in [0.1, 0.15) is 11.6 Å². The van der Waals surface area contributed by atoms with Crippen LogP contribution in [0.1, 0.15) is 17.8 Å². The number of aromatic amines is 1. The van der Waals surface area contributed by atoms with Gasteiger partial charge in [-0.1, -0.05) is 11.8 Å². The minimum absolute atomic E-state index is 0.0241. The maximum Gasteiger partial charge on any atom is 0.234 e. The summed E-state index contributed by atoms with van der Waals surface area (Å²) < 4.78 is 26.2. The second-order valence-electron chi connectivity index (χ2n) is 4.78. The highest BCUT2D eigenvalue weighted by Crippen LogP contribution is 2.24. The maximum atomic E-state index is 13.4. The predicted octanol–water partition coefficient (Wildman–Crippen LogP) is 2.91. The number of amides is 1. The van der Waals surface area contributed by atoms with Gasteiger partial charge in [0.05, 0.1) is 17.1 Å². The zero-order valence-electron chi connectivity index (χ0n) is 11.1. The van der Waals surface area contributed by atoms with Gasteiger partial charge in [-0.2, -0.15) is 0 Å². The Balaban J connectivity index is 1.56. The fourth-order valence-corrected chi connectivity index (χ4v) is 2.95. The monoisotopic (exact) mass is 309 g/mol. The van der Waals surface area contributed by atoms with E-state index in [2.05, 4.69) is 15.3 Å². The van der Waals surface area contributed by atoms with Crippen molar-refractivity contribution >= 4 is 23.4 Å². The number of carbonyl (C=O) groups is 1. The van der Waals surface area contributed by atoms with Crippen LogP contribution in [0.4, 0.5) is 14.5 Å². The van der Waals surface area contributed by atoms with Gasteiger partial charge >= 0.3 is 0 Å².